The van der Waals surface area contributed by atoms with Gasteiger partial charge in [-0.2, -0.15) is 0 Å². The summed E-state index contributed by atoms with van der Waals surface area (Å²) < 4.78 is 0. The van der Waals surface area contributed by atoms with Crippen molar-refractivity contribution in [2.75, 3.05) is 19.6 Å². The van der Waals surface area contributed by atoms with Crippen molar-refractivity contribution in [1.29, 1.82) is 0 Å². The van der Waals surface area contributed by atoms with Crippen LogP contribution in [0.25, 0.3) is 0 Å². The van der Waals surface area contributed by atoms with E-state index in [2.05, 4.69) is 5.32 Å². The van der Waals surface area contributed by atoms with E-state index in [0.717, 1.165) is 19.5 Å². The molecule has 1 fully saturated rings. The molecule has 0 spiro atoms. The summed E-state index contributed by atoms with van der Waals surface area (Å²) in [4.78, 5) is 12.6. The molecule has 0 aromatic heterocycles. The normalized spacial score (nSPS) is 20.8. The zero-order valence-electron chi connectivity index (χ0n) is 9.10. The standard InChI is InChI=1S/C12H16N2O2/c15-12(16)14-7-6-13-9-11(14)8-10-4-2-1-3-5-10/h1-5,11,13H,6-9H2,(H,15,16). The Morgan fingerprint density at radius 3 is 2.88 bits per heavy atom. The molecule has 1 aliphatic heterocycles. The number of piperazine rings is 1. The van der Waals surface area contributed by atoms with Crippen molar-refractivity contribution in [3.8, 4) is 0 Å². The van der Waals surface area contributed by atoms with E-state index in [4.69, 9.17) is 5.11 Å². The monoisotopic (exact) mass is 220 g/mol. The van der Waals surface area contributed by atoms with Crippen molar-refractivity contribution < 1.29 is 9.90 Å². The maximum Gasteiger partial charge on any atom is 0.407 e. The van der Waals surface area contributed by atoms with Crippen LogP contribution in [0.5, 0.6) is 0 Å². The first-order chi connectivity index (χ1) is 7.77. The van der Waals surface area contributed by atoms with Crippen molar-refractivity contribution >= 4 is 6.09 Å². The first-order valence-electron chi connectivity index (χ1n) is 5.51. The maximum absolute atomic E-state index is 11.1. The van der Waals surface area contributed by atoms with E-state index in [1.165, 1.54) is 10.5 Å². The number of hydrogen-bond acceptors (Lipinski definition) is 2. The SMILES string of the molecule is O=C(O)N1CCNCC1Cc1ccccc1. The number of carboxylic acid groups (broad SMARTS) is 1. The Kier molecular flexibility index (Phi) is 3.41. The van der Waals surface area contributed by atoms with Crippen LogP contribution < -0.4 is 5.32 Å². The van der Waals surface area contributed by atoms with Crippen LogP contribution in [0.15, 0.2) is 30.3 Å². The van der Waals surface area contributed by atoms with Crippen LogP contribution in [-0.4, -0.2) is 41.8 Å². The van der Waals surface area contributed by atoms with Gasteiger partial charge in [-0.1, -0.05) is 30.3 Å². The number of nitrogens with one attached hydrogen (secondary N) is 1. The highest BCUT2D eigenvalue weighted by Crippen LogP contribution is 2.11. The zero-order chi connectivity index (χ0) is 11.4. The molecule has 1 aliphatic rings. The molecular formula is C12H16N2O2. The second-order valence-electron chi connectivity index (χ2n) is 4.02. The Bertz CT molecular complexity index is 353. The summed E-state index contributed by atoms with van der Waals surface area (Å²) in [6, 6.07) is 10.1. The highest BCUT2D eigenvalue weighted by Gasteiger charge is 2.25. The Labute approximate surface area is 94.9 Å². The summed E-state index contributed by atoms with van der Waals surface area (Å²) in [6.07, 6.45) is -0.0393. The maximum atomic E-state index is 11.1. The quantitative estimate of drug-likeness (QED) is 0.787. The predicted octanol–water partition coefficient (Wildman–Crippen LogP) is 1.18. The molecule has 1 aromatic rings. The van der Waals surface area contributed by atoms with Crippen LogP contribution in [0, 0.1) is 0 Å². The number of hydrogen-bond donors (Lipinski definition) is 2. The minimum atomic E-state index is -0.817. The molecular weight excluding hydrogens is 204 g/mol. The number of carbonyl (C=O) groups is 1. The smallest absolute Gasteiger partial charge is 0.407 e. The van der Waals surface area contributed by atoms with E-state index in [0.29, 0.717) is 6.54 Å². The van der Waals surface area contributed by atoms with E-state index in [1.54, 1.807) is 0 Å². The summed E-state index contributed by atoms with van der Waals surface area (Å²) in [5.74, 6) is 0. The Balaban J connectivity index is 2.04. The summed E-state index contributed by atoms with van der Waals surface area (Å²) in [5.41, 5.74) is 1.18. The molecule has 1 aromatic carbocycles. The average molecular weight is 220 g/mol. The first-order valence-corrected chi connectivity index (χ1v) is 5.51. The fourth-order valence-electron chi connectivity index (χ4n) is 2.08. The average Bonchev–Trinajstić information content (AvgIpc) is 2.31. The van der Waals surface area contributed by atoms with Gasteiger partial charge in [0.25, 0.3) is 0 Å². The Morgan fingerprint density at radius 1 is 1.44 bits per heavy atom. The van der Waals surface area contributed by atoms with Gasteiger partial charge in [0.2, 0.25) is 0 Å². The lowest BCUT2D eigenvalue weighted by molar-refractivity contribution is 0.112. The Morgan fingerprint density at radius 2 is 2.19 bits per heavy atom. The molecule has 86 valence electrons. The number of rotatable bonds is 2. The van der Waals surface area contributed by atoms with Crippen LogP contribution in [0.3, 0.4) is 0 Å². The molecule has 1 amide bonds. The fraction of sp³-hybridized carbons (Fsp3) is 0.417. The van der Waals surface area contributed by atoms with Crippen LogP contribution in [0.2, 0.25) is 0 Å². The lowest BCUT2D eigenvalue weighted by atomic mass is 10.0. The van der Waals surface area contributed by atoms with Crippen molar-refractivity contribution in [3.63, 3.8) is 0 Å². The zero-order valence-corrected chi connectivity index (χ0v) is 9.10. The van der Waals surface area contributed by atoms with E-state index < -0.39 is 6.09 Å². The summed E-state index contributed by atoms with van der Waals surface area (Å²) in [5, 5.41) is 12.3. The summed E-state index contributed by atoms with van der Waals surface area (Å²) in [6.45, 7) is 2.06. The first kappa shape index (κ1) is 11.0. The third kappa shape index (κ3) is 2.52. The number of benzene rings is 1. The van der Waals surface area contributed by atoms with E-state index in [-0.39, 0.29) is 6.04 Å². The lowest BCUT2D eigenvalue weighted by Gasteiger charge is -2.34. The summed E-state index contributed by atoms with van der Waals surface area (Å²) >= 11 is 0. The van der Waals surface area contributed by atoms with Gasteiger partial charge in [-0.25, -0.2) is 4.79 Å². The van der Waals surface area contributed by atoms with Gasteiger partial charge in [0.05, 0.1) is 6.04 Å². The minimum absolute atomic E-state index is 0.0497. The largest absolute Gasteiger partial charge is 0.465 e. The summed E-state index contributed by atoms with van der Waals surface area (Å²) in [7, 11) is 0. The Hall–Kier alpha value is -1.55. The molecule has 1 heterocycles. The molecule has 0 saturated carbocycles. The number of nitrogens with zero attached hydrogens (tertiary/aromatic N) is 1. The molecule has 1 atom stereocenters. The van der Waals surface area contributed by atoms with E-state index in [1.807, 2.05) is 30.3 Å². The van der Waals surface area contributed by atoms with Gasteiger partial charge in [-0.05, 0) is 12.0 Å². The van der Waals surface area contributed by atoms with Crippen LogP contribution in [0.4, 0.5) is 4.79 Å². The fourth-order valence-corrected chi connectivity index (χ4v) is 2.08. The highest BCUT2D eigenvalue weighted by atomic mass is 16.4. The van der Waals surface area contributed by atoms with Gasteiger partial charge in [0, 0.05) is 19.6 Å². The van der Waals surface area contributed by atoms with Crippen molar-refractivity contribution in [2.45, 2.75) is 12.5 Å². The van der Waals surface area contributed by atoms with Crippen LogP contribution >= 0.6 is 0 Å². The van der Waals surface area contributed by atoms with Gasteiger partial charge < -0.3 is 15.3 Å². The van der Waals surface area contributed by atoms with Crippen LogP contribution in [0.1, 0.15) is 5.56 Å². The van der Waals surface area contributed by atoms with Gasteiger partial charge in [-0.3, -0.25) is 0 Å². The predicted molar refractivity (Wildman–Crippen MR) is 61.5 cm³/mol. The van der Waals surface area contributed by atoms with E-state index in [9.17, 15) is 4.79 Å². The molecule has 2 N–H and O–H groups in total. The second-order valence-corrected chi connectivity index (χ2v) is 4.02. The van der Waals surface area contributed by atoms with Gasteiger partial charge in [0.15, 0.2) is 0 Å². The van der Waals surface area contributed by atoms with Crippen molar-refractivity contribution in [3.05, 3.63) is 35.9 Å². The lowest BCUT2D eigenvalue weighted by Crippen LogP contribution is -2.54. The van der Waals surface area contributed by atoms with Crippen molar-refractivity contribution in [2.24, 2.45) is 0 Å². The van der Waals surface area contributed by atoms with Gasteiger partial charge >= 0.3 is 6.09 Å². The molecule has 1 saturated heterocycles. The molecule has 16 heavy (non-hydrogen) atoms. The third-order valence-corrected chi connectivity index (χ3v) is 2.91. The molecule has 2 rings (SSSR count). The molecule has 0 bridgehead atoms. The third-order valence-electron chi connectivity index (χ3n) is 2.91. The molecule has 4 heteroatoms. The molecule has 0 radical (unpaired) electrons. The van der Waals surface area contributed by atoms with Gasteiger partial charge in [0.1, 0.15) is 0 Å². The number of amides is 1. The topological polar surface area (TPSA) is 52.6 Å². The molecule has 0 aliphatic carbocycles. The van der Waals surface area contributed by atoms with Gasteiger partial charge in [-0.15, -0.1) is 0 Å². The highest BCUT2D eigenvalue weighted by molar-refractivity contribution is 5.65. The van der Waals surface area contributed by atoms with E-state index >= 15 is 0 Å². The minimum Gasteiger partial charge on any atom is -0.465 e. The molecule has 4 nitrogen and oxygen atoms in total. The second kappa shape index (κ2) is 4.99. The van der Waals surface area contributed by atoms with Crippen LogP contribution in [-0.2, 0) is 6.42 Å². The molecule has 1 unspecified atom stereocenters. The van der Waals surface area contributed by atoms with Crippen molar-refractivity contribution in [1.82, 2.24) is 10.2 Å².